The molecule has 0 aliphatic rings. The molecule has 1 heterocycles. The topological polar surface area (TPSA) is 75.9 Å². The smallest absolute Gasteiger partial charge is 0.226 e. The first-order valence-corrected chi connectivity index (χ1v) is 9.43. The highest BCUT2D eigenvalue weighted by Gasteiger charge is 2.11. The summed E-state index contributed by atoms with van der Waals surface area (Å²) in [6.45, 7) is 4.92. The average Bonchev–Trinajstić information content (AvgIpc) is 2.68. The van der Waals surface area contributed by atoms with Gasteiger partial charge in [0.2, 0.25) is 5.95 Å². The Morgan fingerprint density at radius 1 is 0.963 bits per heavy atom. The molecule has 0 aliphatic heterocycles. The van der Waals surface area contributed by atoms with Gasteiger partial charge in [-0.25, -0.2) is 0 Å². The summed E-state index contributed by atoms with van der Waals surface area (Å²) in [6.07, 6.45) is 2.79. The van der Waals surface area contributed by atoms with Gasteiger partial charge in [0, 0.05) is 17.8 Å². The largest absolute Gasteiger partial charge is 0.383 e. The number of nitrogen functional groups attached to an aromatic ring is 1. The zero-order valence-corrected chi connectivity index (χ0v) is 16.0. The molecule has 0 atom stereocenters. The Morgan fingerprint density at radius 2 is 1.70 bits per heavy atom. The number of benzene rings is 2. The van der Waals surface area contributed by atoms with Gasteiger partial charge in [0.05, 0.1) is 0 Å². The van der Waals surface area contributed by atoms with Gasteiger partial charge >= 0.3 is 0 Å². The molecule has 0 unspecified atom stereocenters. The van der Waals surface area contributed by atoms with E-state index < -0.39 is 0 Å². The fraction of sp³-hybridized carbons (Fsp3) is 0.273. The third-order valence-electron chi connectivity index (χ3n) is 4.48. The van der Waals surface area contributed by atoms with E-state index in [0.29, 0.717) is 11.8 Å². The van der Waals surface area contributed by atoms with Crippen molar-refractivity contribution in [3.63, 3.8) is 0 Å². The van der Waals surface area contributed by atoms with Crippen molar-refractivity contribution in [1.82, 2.24) is 9.97 Å². The second kappa shape index (κ2) is 9.03. The van der Waals surface area contributed by atoms with Crippen molar-refractivity contribution in [2.75, 3.05) is 22.9 Å². The summed E-state index contributed by atoms with van der Waals surface area (Å²) in [5.41, 5.74) is 10.7. The summed E-state index contributed by atoms with van der Waals surface area (Å²) in [6, 6.07) is 18.7. The number of hydrogen-bond acceptors (Lipinski definition) is 5. The molecule has 1 aromatic heterocycles. The highest BCUT2D eigenvalue weighted by molar-refractivity contribution is 5.66. The third kappa shape index (κ3) is 5.20. The van der Waals surface area contributed by atoms with Crippen LogP contribution in [0.5, 0.6) is 0 Å². The maximum absolute atomic E-state index is 6.17. The van der Waals surface area contributed by atoms with Gasteiger partial charge in [-0.1, -0.05) is 55.0 Å². The number of nitrogens with two attached hydrogens (primary N) is 1. The van der Waals surface area contributed by atoms with Crippen LogP contribution in [-0.2, 0) is 12.8 Å². The number of rotatable bonds is 8. The Hall–Kier alpha value is -3.08. The highest BCUT2D eigenvalue weighted by atomic mass is 15.2. The van der Waals surface area contributed by atoms with Crippen LogP contribution in [0.15, 0.2) is 54.6 Å². The van der Waals surface area contributed by atoms with Gasteiger partial charge in [-0.15, -0.1) is 0 Å². The lowest BCUT2D eigenvalue weighted by Crippen LogP contribution is -2.12. The lowest BCUT2D eigenvalue weighted by molar-refractivity contribution is 0.852. The van der Waals surface area contributed by atoms with Gasteiger partial charge in [-0.3, -0.25) is 0 Å². The number of hydrogen-bond donors (Lipinski definition) is 3. The van der Waals surface area contributed by atoms with E-state index in [2.05, 4.69) is 70.8 Å². The fourth-order valence-corrected chi connectivity index (χ4v) is 2.94. The van der Waals surface area contributed by atoms with Gasteiger partial charge in [-0.2, -0.15) is 9.97 Å². The van der Waals surface area contributed by atoms with E-state index in [-0.39, 0.29) is 0 Å². The molecular weight excluding hydrogens is 334 g/mol. The average molecular weight is 361 g/mol. The van der Waals surface area contributed by atoms with Gasteiger partial charge < -0.3 is 16.4 Å². The van der Waals surface area contributed by atoms with Crippen molar-refractivity contribution >= 4 is 23.3 Å². The SMILES string of the molecule is CCc1c(N)nc(NCCCc2ccccc2)nc1Nc1ccc(C)cc1. The zero-order valence-electron chi connectivity index (χ0n) is 16.0. The van der Waals surface area contributed by atoms with Crippen molar-refractivity contribution < 1.29 is 0 Å². The maximum atomic E-state index is 6.17. The first kappa shape index (κ1) is 18.7. The lowest BCUT2D eigenvalue weighted by Gasteiger charge is -2.14. The number of nitrogens with zero attached hydrogens (tertiary/aromatic N) is 2. The number of aromatic nitrogens is 2. The van der Waals surface area contributed by atoms with Crippen LogP contribution in [0.3, 0.4) is 0 Å². The van der Waals surface area contributed by atoms with Gasteiger partial charge in [0.1, 0.15) is 11.6 Å². The van der Waals surface area contributed by atoms with Crippen molar-refractivity contribution in [2.45, 2.75) is 33.1 Å². The van der Waals surface area contributed by atoms with E-state index >= 15 is 0 Å². The van der Waals surface area contributed by atoms with Crippen LogP contribution in [0.4, 0.5) is 23.3 Å². The second-order valence-corrected chi connectivity index (χ2v) is 6.62. The molecule has 140 valence electrons. The van der Waals surface area contributed by atoms with E-state index in [1.807, 2.05) is 18.2 Å². The minimum absolute atomic E-state index is 0.521. The number of nitrogens with one attached hydrogen (secondary N) is 2. The molecule has 2 aromatic carbocycles. The number of anilines is 4. The van der Waals surface area contributed by atoms with Crippen molar-refractivity contribution in [3.05, 3.63) is 71.3 Å². The zero-order chi connectivity index (χ0) is 19.1. The monoisotopic (exact) mass is 361 g/mol. The van der Waals surface area contributed by atoms with E-state index in [9.17, 15) is 0 Å². The van der Waals surface area contributed by atoms with Crippen LogP contribution in [-0.4, -0.2) is 16.5 Å². The summed E-state index contributed by atoms with van der Waals surface area (Å²) < 4.78 is 0. The summed E-state index contributed by atoms with van der Waals surface area (Å²) in [5, 5.41) is 6.68. The molecule has 5 heteroatoms. The van der Waals surface area contributed by atoms with E-state index in [1.165, 1.54) is 11.1 Å². The van der Waals surface area contributed by atoms with Crippen LogP contribution in [0.1, 0.15) is 30.0 Å². The Kier molecular flexibility index (Phi) is 6.26. The predicted molar refractivity (Wildman–Crippen MR) is 114 cm³/mol. The van der Waals surface area contributed by atoms with E-state index in [1.54, 1.807) is 0 Å². The molecule has 0 fully saturated rings. The van der Waals surface area contributed by atoms with Crippen LogP contribution < -0.4 is 16.4 Å². The molecule has 5 nitrogen and oxygen atoms in total. The van der Waals surface area contributed by atoms with Crippen LogP contribution in [0, 0.1) is 6.92 Å². The molecule has 0 saturated carbocycles. The minimum atomic E-state index is 0.521. The van der Waals surface area contributed by atoms with Crippen molar-refractivity contribution in [2.24, 2.45) is 0 Å². The predicted octanol–water partition coefficient (Wildman–Crippen LogP) is 4.72. The maximum Gasteiger partial charge on any atom is 0.226 e. The molecule has 3 rings (SSSR count). The molecule has 0 saturated heterocycles. The second-order valence-electron chi connectivity index (χ2n) is 6.62. The third-order valence-corrected chi connectivity index (χ3v) is 4.48. The molecular formula is C22H27N5. The summed E-state index contributed by atoms with van der Waals surface area (Å²) >= 11 is 0. The Balaban J connectivity index is 1.66. The summed E-state index contributed by atoms with van der Waals surface area (Å²) in [5.74, 6) is 1.85. The van der Waals surface area contributed by atoms with Gasteiger partial charge in [-0.05, 0) is 43.9 Å². The van der Waals surface area contributed by atoms with E-state index in [0.717, 1.165) is 42.9 Å². The molecule has 3 aromatic rings. The fourth-order valence-electron chi connectivity index (χ4n) is 2.94. The molecule has 0 amide bonds. The van der Waals surface area contributed by atoms with Crippen molar-refractivity contribution in [3.8, 4) is 0 Å². The van der Waals surface area contributed by atoms with Crippen LogP contribution >= 0.6 is 0 Å². The quantitative estimate of drug-likeness (QED) is 0.506. The molecule has 0 aliphatic carbocycles. The lowest BCUT2D eigenvalue weighted by atomic mass is 10.1. The van der Waals surface area contributed by atoms with Gasteiger partial charge in [0.25, 0.3) is 0 Å². The summed E-state index contributed by atoms with van der Waals surface area (Å²) in [4.78, 5) is 9.07. The van der Waals surface area contributed by atoms with Crippen LogP contribution in [0.2, 0.25) is 0 Å². The first-order chi connectivity index (χ1) is 13.2. The normalized spacial score (nSPS) is 10.6. The first-order valence-electron chi connectivity index (χ1n) is 9.43. The standard InChI is InChI=1S/C22H27N5/c1-3-19-20(23)26-22(24-15-7-10-17-8-5-4-6-9-17)27-21(19)25-18-13-11-16(2)12-14-18/h4-6,8-9,11-14H,3,7,10,15H2,1-2H3,(H4,23,24,25,26,27). The minimum Gasteiger partial charge on any atom is -0.383 e. The molecule has 0 radical (unpaired) electrons. The van der Waals surface area contributed by atoms with Crippen molar-refractivity contribution in [1.29, 1.82) is 0 Å². The highest BCUT2D eigenvalue weighted by Crippen LogP contribution is 2.25. The Bertz CT molecular complexity index is 860. The van der Waals surface area contributed by atoms with Gasteiger partial charge in [0.15, 0.2) is 0 Å². The molecule has 4 N–H and O–H groups in total. The summed E-state index contributed by atoms with van der Waals surface area (Å²) in [7, 11) is 0. The van der Waals surface area contributed by atoms with E-state index in [4.69, 9.17) is 5.73 Å². The molecule has 0 spiro atoms. The number of aryl methyl sites for hydroxylation is 2. The molecule has 27 heavy (non-hydrogen) atoms. The molecule has 0 bridgehead atoms. The Labute approximate surface area is 161 Å². The Morgan fingerprint density at radius 3 is 2.41 bits per heavy atom. The van der Waals surface area contributed by atoms with Crippen LogP contribution in [0.25, 0.3) is 0 Å².